The molecule has 1 heterocycles. The zero-order valence-corrected chi connectivity index (χ0v) is 17.1. The Labute approximate surface area is 172 Å². The first-order valence-electron chi connectivity index (χ1n) is 9.94. The van der Waals surface area contributed by atoms with E-state index in [1.165, 1.54) is 5.69 Å². The second-order valence-electron chi connectivity index (χ2n) is 7.22. The number of hydrogen-bond donors (Lipinski definition) is 2. The minimum absolute atomic E-state index is 0.0531. The molecule has 0 bridgehead atoms. The van der Waals surface area contributed by atoms with E-state index in [2.05, 4.69) is 39.6 Å². The molecule has 0 saturated carbocycles. The van der Waals surface area contributed by atoms with E-state index in [1.807, 2.05) is 42.5 Å². The van der Waals surface area contributed by atoms with E-state index in [1.54, 1.807) is 11.8 Å². The molecule has 2 N–H and O–H groups in total. The van der Waals surface area contributed by atoms with Gasteiger partial charge in [0.25, 0.3) is 0 Å². The molecule has 154 valence electrons. The summed E-state index contributed by atoms with van der Waals surface area (Å²) >= 11 is 0. The predicted octanol–water partition coefficient (Wildman–Crippen LogP) is 2.61. The first kappa shape index (κ1) is 20.7. The van der Waals surface area contributed by atoms with Crippen molar-refractivity contribution in [2.45, 2.75) is 6.92 Å². The lowest BCUT2D eigenvalue weighted by molar-refractivity contribution is -0.116. The van der Waals surface area contributed by atoms with Gasteiger partial charge < -0.3 is 25.3 Å². The number of hydrogen-bond acceptors (Lipinski definition) is 4. The van der Waals surface area contributed by atoms with Crippen molar-refractivity contribution in [1.82, 2.24) is 10.2 Å². The van der Waals surface area contributed by atoms with Crippen LogP contribution in [-0.4, -0.2) is 63.2 Å². The summed E-state index contributed by atoms with van der Waals surface area (Å²) in [5.74, 6) is -0.0531. The van der Waals surface area contributed by atoms with Crippen LogP contribution in [0.4, 0.5) is 21.9 Å². The van der Waals surface area contributed by atoms with Gasteiger partial charge in [0.15, 0.2) is 0 Å². The Morgan fingerprint density at radius 1 is 0.966 bits per heavy atom. The van der Waals surface area contributed by atoms with Gasteiger partial charge in [-0.2, -0.15) is 0 Å². The van der Waals surface area contributed by atoms with Gasteiger partial charge in [0.05, 0.1) is 0 Å². The number of amides is 3. The Morgan fingerprint density at radius 3 is 2.24 bits per heavy atom. The van der Waals surface area contributed by atoms with Crippen molar-refractivity contribution in [3.63, 3.8) is 0 Å². The van der Waals surface area contributed by atoms with E-state index < -0.39 is 0 Å². The van der Waals surface area contributed by atoms with Gasteiger partial charge in [0, 0.05) is 63.3 Å². The first-order valence-corrected chi connectivity index (χ1v) is 9.94. The highest BCUT2D eigenvalue weighted by Crippen LogP contribution is 2.22. The fourth-order valence-corrected chi connectivity index (χ4v) is 3.35. The van der Waals surface area contributed by atoms with Gasteiger partial charge in [-0.05, 0) is 43.4 Å². The monoisotopic (exact) mass is 395 g/mol. The van der Waals surface area contributed by atoms with Crippen LogP contribution in [-0.2, 0) is 4.79 Å². The lowest BCUT2D eigenvalue weighted by atomic mass is 10.2. The van der Waals surface area contributed by atoms with Crippen molar-refractivity contribution in [2.75, 3.05) is 61.4 Å². The van der Waals surface area contributed by atoms with E-state index in [4.69, 9.17) is 0 Å². The number of nitrogens with zero attached hydrogens (tertiary/aromatic N) is 3. The van der Waals surface area contributed by atoms with Crippen molar-refractivity contribution in [1.29, 1.82) is 0 Å². The average molecular weight is 396 g/mol. The smallest absolute Gasteiger partial charge is 0.319 e. The lowest BCUT2D eigenvalue weighted by Gasteiger charge is -2.34. The summed E-state index contributed by atoms with van der Waals surface area (Å²) in [6.45, 7) is 6.43. The van der Waals surface area contributed by atoms with Crippen LogP contribution in [0.25, 0.3) is 0 Å². The van der Waals surface area contributed by atoms with Crippen LogP contribution < -0.4 is 20.4 Å². The SMILES string of the molecule is CC(=O)N(CCNC(=O)Nc1ccccc1)c1ccc(N2CCN(C)CC2)cc1. The van der Waals surface area contributed by atoms with Gasteiger partial charge in [-0.3, -0.25) is 4.79 Å². The quantitative estimate of drug-likeness (QED) is 0.789. The number of nitrogens with one attached hydrogen (secondary N) is 2. The third kappa shape index (κ3) is 5.96. The molecule has 2 aromatic rings. The highest BCUT2D eigenvalue weighted by atomic mass is 16.2. The van der Waals surface area contributed by atoms with E-state index in [9.17, 15) is 9.59 Å². The lowest BCUT2D eigenvalue weighted by Crippen LogP contribution is -2.44. The fourth-order valence-electron chi connectivity index (χ4n) is 3.35. The summed E-state index contributed by atoms with van der Waals surface area (Å²) in [5, 5.41) is 5.57. The minimum Gasteiger partial charge on any atom is -0.369 e. The van der Waals surface area contributed by atoms with Gasteiger partial charge in [-0.1, -0.05) is 18.2 Å². The fraction of sp³-hybridized carbons (Fsp3) is 0.364. The number of carbonyl (C=O) groups is 2. The maximum absolute atomic E-state index is 12.1. The summed E-state index contributed by atoms with van der Waals surface area (Å²) in [7, 11) is 2.14. The molecule has 1 aliphatic heterocycles. The van der Waals surface area contributed by atoms with Crippen LogP contribution in [0.1, 0.15) is 6.92 Å². The Balaban J connectivity index is 1.52. The minimum atomic E-state index is -0.287. The van der Waals surface area contributed by atoms with Crippen LogP contribution >= 0.6 is 0 Å². The summed E-state index contributed by atoms with van der Waals surface area (Å²) in [6.07, 6.45) is 0. The number of carbonyl (C=O) groups excluding carboxylic acids is 2. The third-order valence-corrected chi connectivity index (χ3v) is 5.06. The maximum atomic E-state index is 12.1. The van der Waals surface area contributed by atoms with Crippen molar-refractivity contribution >= 4 is 29.0 Å². The Bertz CT molecular complexity index is 802. The molecule has 1 fully saturated rings. The number of piperazine rings is 1. The summed E-state index contributed by atoms with van der Waals surface area (Å²) in [6, 6.07) is 17.0. The molecule has 0 aromatic heterocycles. The predicted molar refractivity (Wildman–Crippen MR) is 118 cm³/mol. The van der Waals surface area contributed by atoms with Crippen molar-refractivity contribution in [3.05, 3.63) is 54.6 Å². The molecular weight excluding hydrogens is 366 g/mol. The second-order valence-corrected chi connectivity index (χ2v) is 7.22. The van der Waals surface area contributed by atoms with Gasteiger partial charge in [0.2, 0.25) is 5.91 Å². The van der Waals surface area contributed by atoms with E-state index >= 15 is 0 Å². The van der Waals surface area contributed by atoms with Crippen molar-refractivity contribution in [2.24, 2.45) is 0 Å². The zero-order valence-electron chi connectivity index (χ0n) is 17.1. The number of urea groups is 1. The molecule has 1 aliphatic rings. The molecule has 0 atom stereocenters. The molecule has 29 heavy (non-hydrogen) atoms. The van der Waals surface area contributed by atoms with Crippen LogP contribution in [0.15, 0.2) is 54.6 Å². The van der Waals surface area contributed by atoms with E-state index in [-0.39, 0.29) is 11.9 Å². The zero-order chi connectivity index (χ0) is 20.6. The number of likely N-dealkylation sites (N-methyl/N-ethyl adjacent to an activating group) is 1. The molecule has 1 saturated heterocycles. The van der Waals surface area contributed by atoms with Gasteiger partial charge in [0.1, 0.15) is 0 Å². The molecule has 0 spiro atoms. The van der Waals surface area contributed by atoms with Crippen LogP contribution in [0.2, 0.25) is 0 Å². The first-order chi connectivity index (χ1) is 14.0. The molecule has 3 rings (SSSR count). The number of para-hydroxylation sites is 1. The molecule has 0 unspecified atom stereocenters. The average Bonchev–Trinajstić information content (AvgIpc) is 2.72. The van der Waals surface area contributed by atoms with Gasteiger partial charge >= 0.3 is 6.03 Å². The second kappa shape index (κ2) is 9.93. The normalized spacial score (nSPS) is 14.3. The number of anilines is 3. The standard InChI is InChI=1S/C22H29N5O2/c1-18(28)27(13-12-23-22(29)24-19-6-4-3-5-7-19)21-10-8-20(9-11-21)26-16-14-25(2)15-17-26/h3-11H,12-17H2,1-2H3,(H2,23,24,29). The third-order valence-electron chi connectivity index (χ3n) is 5.06. The summed E-state index contributed by atoms with van der Waals surface area (Å²) < 4.78 is 0. The summed E-state index contributed by atoms with van der Waals surface area (Å²) in [4.78, 5) is 30.5. The molecule has 0 radical (unpaired) electrons. The Morgan fingerprint density at radius 2 is 1.62 bits per heavy atom. The van der Waals surface area contributed by atoms with Crippen LogP contribution in [0.3, 0.4) is 0 Å². The highest BCUT2D eigenvalue weighted by Gasteiger charge is 2.16. The molecule has 7 heteroatoms. The van der Waals surface area contributed by atoms with Gasteiger partial charge in [-0.15, -0.1) is 0 Å². The molecule has 2 aromatic carbocycles. The number of rotatable bonds is 6. The molecule has 3 amide bonds. The van der Waals surface area contributed by atoms with Crippen molar-refractivity contribution < 1.29 is 9.59 Å². The molecule has 0 aliphatic carbocycles. The molecule has 7 nitrogen and oxygen atoms in total. The van der Waals surface area contributed by atoms with Crippen molar-refractivity contribution in [3.8, 4) is 0 Å². The van der Waals surface area contributed by atoms with Gasteiger partial charge in [-0.25, -0.2) is 4.79 Å². The topological polar surface area (TPSA) is 67.9 Å². The van der Waals surface area contributed by atoms with E-state index in [0.29, 0.717) is 13.1 Å². The maximum Gasteiger partial charge on any atom is 0.319 e. The number of benzene rings is 2. The Kier molecular flexibility index (Phi) is 7.08. The Hall–Kier alpha value is -3.06. The highest BCUT2D eigenvalue weighted by molar-refractivity contribution is 5.92. The van der Waals surface area contributed by atoms with Crippen LogP contribution in [0.5, 0.6) is 0 Å². The summed E-state index contributed by atoms with van der Waals surface area (Å²) in [5.41, 5.74) is 2.74. The largest absolute Gasteiger partial charge is 0.369 e. The van der Waals surface area contributed by atoms with Crippen LogP contribution in [0, 0.1) is 0 Å². The molecular formula is C22H29N5O2. The van der Waals surface area contributed by atoms with E-state index in [0.717, 1.165) is 37.6 Å².